The zero-order chi connectivity index (χ0) is 25.3. The summed E-state index contributed by atoms with van der Waals surface area (Å²) in [4.78, 5) is 8.60. The van der Waals surface area contributed by atoms with E-state index in [-0.39, 0.29) is 19.8 Å². The molecule has 7 nitrogen and oxygen atoms in total. The number of hydrogen-bond donors (Lipinski definition) is 1. The lowest BCUT2D eigenvalue weighted by Gasteiger charge is -2.27. The number of aromatic nitrogens is 2. The monoisotopic (exact) mass is 513 g/mol. The van der Waals surface area contributed by atoms with Gasteiger partial charge in [-0.1, -0.05) is 49.3 Å². The van der Waals surface area contributed by atoms with Crippen LogP contribution in [-0.4, -0.2) is 47.8 Å². The third kappa shape index (κ3) is 7.09. The molecule has 0 atom stereocenters. The van der Waals surface area contributed by atoms with E-state index in [0.717, 1.165) is 22.6 Å². The molecule has 0 amide bonds. The van der Waals surface area contributed by atoms with Crippen LogP contribution in [0.25, 0.3) is 0 Å². The van der Waals surface area contributed by atoms with Gasteiger partial charge >= 0.3 is 0 Å². The second-order valence-electron chi connectivity index (χ2n) is 8.10. The van der Waals surface area contributed by atoms with Crippen molar-refractivity contribution in [1.82, 2.24) is 9.97 Å². The molecule has 0 saturated heterocycles. The Kier molecular flexibility index (Phi) is 9.75. The molecule has 0 saturated carbocycles. The van der Waals surface area contributed by atoms with Crippen molar-refractivity contribution in [3.8, 4) is 17.6 Å². The second-order valence-corrected chi connectivity index (χ2v) is 9.28. The quantitative estimate of drug-likeness (QED) is 0.205. The van der Waals surface area contributed by atoms with Crippen molar-refractivity contribution in [3.63, 3.8) is 0 Å². The summed E-state index contributed by atoms with van der Waals surface area (Å²) in [5, 5.41) is 19.5. The summed E-state index contributed by atoms with van der Waals surface area (Å²) >= 11 is 7.99. The largest absolute Gasteiger partial charge is 0.488 e. The molecule has 0 aliphatic rings. The van der Waals surface area contributed by atoms with Crippen molar-refractivity contribution in [2.75, 3.05) is 32.7 Å². The molecule has 184 valence electrons. The summed E-state index contributed by atoms with van der Waals surface area (Å²) in [6.45, 7) is 5.20. The van der Waals surface area contributed by atoms with Gasteiger partial charge in [0.2, 0.25) is 0 Å². The predicted molar refractivity (Wildman–Crippen MR) is 136 cm³/mol. The predicted octanol–water partition coefficient (Wildman–Crippen LogP) is 5.02. The van der Waals surface area contributed by atoms with Crippen LogP contribution in [0.15, 0.2) is 53.8 Å². The topological polar surface area (TPSA) is 97.5 Å². The van der Waals surface area contributed by atoms with Crippen LogP contribution >= 0.6 is 23.4 Å². The Bertz CT molecular complexity index is 1170. The van der Waals surface area contributed by atoms with E-state index in [4.69, 9.17) is 30.9 Å². The Morgan fingerprint density at radius 1 is 1.06 bits per heavy atom. The molecular formula is C26H28ClN3O4S. The zero-order valence-corrected chi connectivity index (χ0v) is 21.5. The van der Waals surface area contributed by atoms with Crippen LogP contribution < -0.4 is 9.47 Å². The van der Waals surface area contributed by atoms with E-state index in [1.807, 2.05) is 42.7 Å². The smallest absolute Gasteiger partial charge is 0.187 e. The lowest BCUT2D eigenvalue weighted by molar-refractivity contribution is 0.0705. The highest BCUT2D eigenvalue weighted by molar-refractivity contribution is 7.98. The first-order chi connectivity index (χ1) is 16.9. The van der Waals surface area contributed by atoms with Gasteiger partial charge in [0.05, 0.1) is 36.1 Å². The fourth-order valence-corrected chi connectivity index (χ4v) is 4.05. The van der Waals surface area contributed by atoms with E-state index in [2.05, 4.69) is 29.9 Å². The average Bonchev–Trinajstić information content (AvgIpc) is 2.88. The first-order valence-corrected chi connectivity index (χ1v) is 12.6. The molecule has 3 rings (SSSR count). The Balaban J connectivity index is 1.72. The van der Waals surface area contributed by atoms with Crippen LogP contribution in [0.5, 0.6) is 11.5 Å². The first kappa shape index (κ1) is 26.8. The van der Waals surface area contributed by atoms with Gasteiger partial charge in [-0.25, -0.2) is 9.97 Å². The third-order valence-corrected chi connectivity index (χ3v) is 6.27. The average molecular weight is 514 g/mol. The van der Waals surface area contributed by atoms with E-state index in [1.165, 1.54) is 11.8 Å². The molecule has 0 aliphatic carbocycles. The molecule has 0 radical (unpaired) electrons. The summed E-state index contributed by atoms with van der Waals surface area (Å²) in [5.74, 6) is 1.07. The fraction of sp³-hybridized carbons (Fsp3) is 0.346. The van der Waals surface area contributed by atoms with Crippen LogP contribution in [0.1, 0.15) is 36.2 Å². The van der Waals surface area contributed by atoms with Crippen molar-refractivity contribution in [3.05, 3.63) is 76.1 Å². The fourth-order valence-electron chi connectivity index (χ4n) is 3.40. The van der Waals surface area contributed by atoms with Crippen molar-refractivity contribution < 1.29 is 19.3 Å². The lowest BCUT2D eigenvalue weighted by atomic mass is 9.77. The molecule has 0 unspecified atom stereocenters. The summed E-state index contributed by atoms with van der Waals surface area (Å²) in [6, 6.07) is 15.5. The molecule has 9 heteroatoms. The van der Waals surface area contributed by atoms with E-state index >= 15 is 0 Å². The van der Waals surface area contributed by atoms with Crippen LogP contribution in [0, 0.1) is 11.3 Å². The zero-order valence-electron chi connectivity index (χ0n) is 20.0. The Labute approximate surface area is 215 Å². The van der Waals surface area contributed by atoms with E-state index < -0.39 is 5.41 Å². The van der Waals surface area contributed by atoms with Crippen molar-refractivity contribution in [2.45, 2.75) is 31.0 Å². The second kappa shape index (κ2) is 12.8. The molecule has 1 aromatic heterocycles. The molecule has 1 N–H and O–H groups in total. The number of nitrogens with zero attached hydrogens (tertiary/aromatic N) is 3. The molecule has 3 aromatic rings. The molecule has 35 heavy (non-hydrogen) atoms. The van der Waals surface area contributed by atoms with Gasteiger partial charge in [0, 0.05) is 11.6 Å². The Morgan fingerprint density at radius 3 is 2.51 bits per heavy atom. The van der Waals surface area contributed by atoms with Crippen molar-refractivity contribution in [2.24, 2.45) is 0 Å². The van der Waals surface area contributed by atoms with Gasteiger partial charge in [-0.15, -0.1) is 0 Å². The number of halogens is 1. The van der Waals surface area contributed by atoms with Gasteiger partial charge in [0.15, 0.2) is 10.9 Å². The maximum Gasteiger partial charge on any atom is 0.187 e. The number of aliphatic hydroxyl groups excluding tert-OH is 1. The van der Waals surface area contributed by atoms with E-state index in [1.54, 1.807) is 12.3 Å². The molecule has 0 bridgehead atoms. The van der Waals surface area contributed by atoms with Crippen LogP contribution in [-0.2, 0) is 16.8 Å². The van der Waals surface area contributed by atoms with Gasteiger partial charge in [-0.2, -0.15) is 5.26 Å². The van der Waals surface area contributed by atoms with Crippen molar-refractivity contribution >= 4 is 23.4 Å². The van der Waals surface area contributed by atoms with E-state index in [9.17, 15) is 5.26 Å². The van der Waals surface area contributed by atoms with Crippen LogP contribution in [0.4, 0.5) is 0 Å². The highest BCUT2D eigenvalue weighted by Crippen LogP contribution is 2.38. The number of ether oxygens (including phenoxy) is 3. The summed E-state index contributed by atoms with van der Waals surface area (Å²) in [5.41, 5.74) is 2.69. The standard InChI is InChI=1S/C26H28ClN3O4S/c1-26(2,20-14-18(16-28)24(23(27)15-20)33-13-12-32-11-10-31)19-4-6-22(7-5-19)34-17-21-8-9-29-25(30-21)35-3/h4-9,14-15,31H,10-13,17H2,1-3H3. The van der Waals surface area contributed by atoms with Gasteiger partial charge in [-0.3, -0.25) is 0 Å². The van der Waals surface area contributed by atoms with Crippen LogP contribution in [0.3, 0.4) is 0 Å². The minimum absolute atomic E-state index is 0.0535. The first-order valence-electron chi connectivity index (χ1n) is 11.0. The van der Waals surface area contributed by atoms with Gasteiger partial charge in [-0.05, 0) is 47.7 Å². The summed E-state index contributed by atoms with van der Waals surface area (Å²) < 4.78 is 16.8. The number of aliphatic hydroxyl groups is 1. The number of thioether (sulfide) groups is 1. The summed E-state index contributed by atoms with van der Waals surface area (Å²) in [7, 11) is 0. The molecule has 0 fully saturated rings. The minimum atomic E-state index is -0.420. The molecular weight excluding hydrogens is 486 g/mol. The molecule has 2 aromatic carbocycles. The maximum absolute atomic E-state index is 9.69. The molecule has 0 spiro atoms. The van der Waals surface area contributed by atoms with Gasteiger partial charge in [0.1, 0.15) is 25.0 Å². The number of benzene rings is 2. The van der Waals surface area contributed by atoms with Crippen LogP contribution in [0.2, 0.25) is 5.02 Å². The Morgan fingerprint density at radius 2 is 1.83 bits per heavy atom. The molecule has 0 aliphatic heterocycles. The highest BCUT2D eigenvalue weighted by atomic mass is 35.5. The molecule has 1 heterocycles. The lowest BCUT2D eigenvalue weighted by Crippen LogP contribution is -2.19. The third-order valence-electron chi connectivity index (χ3n) is 5.43. The van der Waals surface area contributed by atoms with Gasteiger partial charge in [0.25, 0.3) is 0 Å². The highest BCUT2D eigenvalue weighted by Gasteiger charge is 2.26. The van der Waals surface area contributed by atoms with Crippen molar-refractivity contribution in [1.29, 1.82) is 5.26 Å². The minimum Gasteiger partial charge on any atom is -0.488 e. The summed E-state index contributed by atoms with van der Waals surface area (Å²) in [6.07, 6.45) is 3.66. The van der Waals surface area contributed by atoms with Gasteiger partial charge < -0.3 is 19.3 Å². The Hall–Kier alpha value is -2.83. The number of rotatable bonds is 12. The normalized spacial score (nSPS) is 11.2. The number of hydrogen-bond acceptors (Lipinski definition) is 8. The maximum atomic E-state index is 9.69. The number of nitriles is 1. The van der Waals surface area contributed by atoms with E-state index in [0.29, 0.717) is 34.7 Å². The SMILES string of the molecule is CSc1nccc(COc2ccc(C(C)(C)c3cc(Cl)c(OCCOCCO)c(C#N)c3)cc2)n1.